The molecule has 8 heteroatoms. The molecule has 7 nitrogen and oxygen atoms in total. The maximum Gasteiger partial charge on any atom is 0.251 e. The Hall–Kier alpha value is -4.11. The van der Waals surface area contributed by atoms with Gasteiger partial charge in [0, 0.05) is 98.1 Å². The first kappa shape index (κ1) is 33.1. The van der Waals surface area contributed by atoms with E-state index in [0.29, 0.717) is 6.61 Å². The molecule has 50 heavy (non-hydrogen) atoms. The third-order valence-electron chi connectivity index (χ3n) is 10.9. The van der Waals surface area contributed by atoms with Gasteiger partial charge in [0.15, 0.2) is 0 Å². The molecule has 0 N–H and O–H groups in total. The summed E-state index contributed by atoms with van der Waals surface area (Å²) in [7, 11) is 0. The molecule has 2 aliphatic heterocycles. The van der Waals surface area contributed by atoms with E-state index in [1.807, 2.05) is 28.0 Å². The van der Waals surface area contributed by atoms with E-state index in [-0.39, 0.29) is 5.56 Å². The Balaban J connectivity index is 0.766. The summed E-state index contributed by atoms with van der Waals surface area (Å²) >= 11 is 1.82. The summed E-state index contributed by atoms with van der Waals surface area (Å²) in [5, 5.41) is 4.67. The van der Waals surface area contributed by atoms with E-state index in [2.05, 4.69) is 91.7 Å². The van der Waals surface area contributed by atoms with Crippen LogP contribution in [0.2, 0.25) is 0 Å². The number of benzene rings is 3. The second-order valence-corrected chi connectivity index (χ2v) is 15.0. The summed E-state index contributed by atoms with van der Waals surface area (Å²) in [6.45, 7) is 12.3. The predicted octanol–water partition coefficient (Wildman–Crippen LogP) is 7.37. The Morgan fingerprint density at radius 2 is 1.38 bits per heavy atom. The van der Waals surface area contributed by atoms with Crippen LogP contribution in [-0.4, -0.2) is 86.4 Å². The largest absolute Gasteiger partial charge is 0.494 e. The standard InChI is InChI=1S/C42H49N5O2S/c48-42-17-15-34-14-16-35(49-30-4-3-20-44-24-28-46(29-25-44)39-12-7-13-41-37(39)18-31-50-41)32-40(34)47(42)21-2-1-19-43-22-26-45(27-23-43)38-11-6-9-33-8-5-10-36(33)38/h5-7,9-18,31-32H,1-4,8,19-30H2. The number of pyridine rings is 1. The van der Waals surface area contributed by atoms with Gasteiger partial charge in [0.25, 0.3) is 5.56 Å². The maximum atomic E-state index is 13.0. The minimum atomic E-state index is 0.0693. The van der Waals surface area contributed by atoms with E-state index in [1.165, 1.54) is 32.6 Å². The quantitative estimate of drug-likeness (QED) is 0.121. The van der Waals surface area contributed by atoms with E-state index in [0.717, 1.165) is 121 Å². The fourth-order valence-electron chi connectivity index (χ4n) is 8.05. The lowest BCUT2D eigenvalue weighted by atomic mass is 10.1. The molecule has 0 bridgehead atoms. The Labute approximate surface area is 300 Å². The predicted molar refractivity (Wildman–Crippen MR) is 210 cm³/mol. The van der Waals surface area contributed by atoms with Gasteiger partial charge in [-0.1, -0.05) is 30.4 Å². The lowest BCUT2D eigenvalue weighted by molar-refractivity contribution is 0.239. The van der Waals surface area contributed by atoms with Crippen molar-refractivity contribution in [2.24, 2.45) is 0 Å². The molecule has 3 aromatic carbocycles. The number of fused-ring (bicyclic) bond motifs is 3. The molecule has 0 radical (unpaired) electrons. The average Bonchev–Trinajstić information content (AvgIpc) is 3.85. The van der Waals surface area contributed by atoms with Crippen LogP contribution in [0, 0.1) is 0 Å². The SMILES string of the molecule is O=c1ccc2ccc(OCCCCN3CCN(c4cccc5sccc45)CC3)cc2n1CCCCN1CCN(c2cccc3c2C=CC3)CC1. The number of piperazine rings is 2. The highest BCUT2D eigenvalue weighted by atomic mass is 32.1. The normalized spacial score (nSPS) is 16.9. The fourth-order valence-corrected chi connectivity index (χ4v) is 8.86. The highest BCUT2D eigenvalue weighted by Crippen LogP contribution is 2.32. The molecule has 3 aliphatic rings. The van der Waals surface area contributed by atoms with Crippen LogP contribution in [0.15, 0.2) is 89.0 Å². The molecule has 2 aromatic heterocycles. The molecule has 1 aliphatic carbocycles. The minimum absolute atomic E-state index is 0.0693. The van der Waals surface area contributed by atoms with Gasteiger partial charge in [-0.2, -0.15) is 0 Å². The van der Waals surface area contributed by atoms with Crippen LogP contribution in [-0.2, 0) is 13.0 Å². The minimum Gasteiger partial charge on any atom is -0.494 e. The number of aryl methyl sites for hydroxylation is 1. The van der Waals surface area contributed by atoms with E-state index < -0.39 is 0 Å². The fraction of sp³-hybridized carbons (Fsp3) is 0.405. The summed E-state index contributed by atoms with van der Waals surface area (Å²) in [4.78, 5) is 23.3. The number of hydrogen-bond donors (Lipinski definition) is 0. The first-order valence-electron chi connectivity index (χ1n) is 18.7. The van der Waals surface area contributed by atoms with Crippen LogP contribution in [0.25, 0.3) is 27.1 Å². The van der Waals surface area contributed by atoms with E-state index in [9.17, 15) is 4.79 Å². The second kappa shape index (κ2) is 15.4. The number of anilines is 2. The van der Waals surface area contributed by atoms with Crippen molar-refractivity contribution in [3.8, 4) is 5.75 Å². The van der Waals surface area contributed by atoms with Gasteiger partial charge in [-0.25, -0.2) is 0 Å². The summed E-state index contributed by atoms with van der Waals surface area (Å²) in [5.41, 5.74) is 6.68. The molecule has 0 amide bonds. The summed E-state index contributed by atoms with van der Waals surface area (Å²) in [5.74, 6) is 0.852. The van der Waals surface area contributed by atoms with Gasteiger partial charge in [-0.3, -0.25) is 14.6 Å². The van der Waals surface area contributed by atoms with Gasteiger partial charge < -0.3 is 19.1 Å². The average molecular weight is 688 g/mol. The molecule has 0 atom stereocenters. The Morgan fingerprint density at radius 3 is 2.20 bits per heavy atom. The van der Waals surface area contributed by atoms with E-state index in [1.54, 1.807) is 6.07 Å². The van der Waals surface area contributed by atoms with Crippen LogP contribution in [0.1, 0.15) is 36.8 Å². The molecule has 4 heterocycles. The first-order valence-corrected chi connectivity index (χ1v) is 19.5. The van der Waals surface area contributed by atoms with Gasteiger partial charge in [-0.15, -0.1) is 11.3 Å². The van der Waals surface area contributed by atoms with Gasteiger partial charge in [0.1, 0.15) is 5.75 Å². The Morgan fingerprint density at radius 1 is 0.680 bits per heavy atom. The third-order valence-corrected chi connectivity index (χ3v) is 11.8. The molecule has 8 rings (SSSR count). The lowest BCUT2D eigenvalue weighted by Crippen LogP contribution is -2.46. The van der Waals surface area contributed by atoms with E-state index in [4.69, 9.17) is 4.74 Å². The maximum absolute atomic E-state index is 13.0. The monoisotopic (exact) mass is 687 g/mol. The second-order valence-electron chi connectivity index (χ2n) is 14.0. The van der Waals surface area contributed by atoms with Gasteiger partial charge in [0.2, 0.25) is 0 Å². The lowest BCUT2D eigenvalue weighted by Gasteiger charge is -2.37. The topological polar surface area (TPSA) is 44.2 Å². The molecule has 260 valence electrons. The number of allylic oxidation sites excluding steroid dienone is 1. The molecular formula is C42H49N5O2S. The van der Waals surface area contributed by atoms with Gasteiger partial charge in [-0.05, 0) is 104 Å². The number of ether oxygens (including phenoxy) is 1. The zero-order valence-electron chi connectivity index (χ0n) is 29.1. The van der Waals surface area contributed by atoms with Crippen molar-refractivity contribution < 1.29 is 4.74 Å². The van der Waals surface area contributed by atoms with Crippen molar-refractivity contribution in [1.29, 1.82) is 0 Å². The summed E-state index contributed by atoms with van der Waals surface area (Å²) in [6.07, 6.45) is 9.84. The van der Waals surface area contributed by atoms with Crippen molar-refractivity contribution >= 4 is 49.8 Å². The van der Waals surface area contributed by atoms with Crippen LogP contribution in [0.5, 0.6) is 5.75 Å². The molecule has 2 fully saturated rings. The van der Waals surface area contributed by atoms with Crippen molar-refractivity contribution in [1.82, 2.24) is 14.4 Å². The number of unbranched alkanes of at least 4 members (excludes halogenated alkanes) is 2. The van der Waals surface area contributed by atoms with Crippen molar-refractivity contribution in [3.63, 3.8) is 0 Å². The molecule has 0 saturated carbocycles. The number of thiophene rings is 1. The van der Waals surface area contributed by atoms with Crippen LogP contribution in [0.3, 0.4) is 0 Å². The number of rotatable bonds is 13. The Kier molecular flexibility index (Phi) is 10.2. The van der Waals surface area contributed by atoms with Crippen molar-refractivity contribution in [2.75, 3.05) is 81.9 Å². The molecule has 0 spiro atoms. The molecule has 5 aromatic rings. The van der Waals surface area contributed by atoms with Crippen LogP contribution >= 0.6 is 11.3 Å². The van der Waals surface area contributed by atoms with E-state index >= 15 is 0 Å². The summed E-state index contributed by atoms with van der Waals surface area (Å²) in [6, 6.07) is 25.5. The molecular weight excluding hydrogens is 639 g/mol. The van der Waals surface area contributed by atoms with Crippen molar-refractivity contribution in [2.45, 2.75) is 38.6 Å². The first-order chi connectivity index (χ1) is 24.7. The smallest absolute Gasteiger partial charge is 0.251 e. The number of aromatic nitrogens is 1. The van der Waals surface area contributed by atoms with Crippen LogP contribution in [0.4, 0.5) is 11.4 Å². The third kappa shape index (κ3) is 7.34. The zero-order chi connectivity index (χ0) is 33.7. The summed E-state index contributed by atoms with van der Waals surface area (Å²) < 4.78 is 9.54. The van der Waals surface area contributed by atoms with Crippen LogP contribution < -0.4 is 20.1 Å². The number of nitrogens with zero attached hydrogens (tertiary/aromatic N) is 5. The van der Waals surface area contributed by atoms with Crippen molar-refractivity contribution in [3.05, 3.63) is 106 Å². The highest BCUT2D eigenvalue weighted by molar-refractivity contribution is 7.17. The highest BCUT2D eigenvalue weighted by Gasteiger charge is 2.21. The van der Waals surface area contributed by atoms with Gasteiger partial charge >= 0.3 is 0 Å². The number of hydrogen-bond acceptors (Lipinski definition) is 7. The van der Waals surface area contributed by atoms with Gasteiger partial charge in [0.05, 0.1) is 12.1 Å². The Bertz CT molecular complexity index is 2000. The molecule has 2 saturated heterocycles. The zero-order valence-corrected chi connectivity index (χ0v) is 30.0. The molecule has 0 unspecified atom stereocenters.